The molecule has 2 aliphatic carbocycles. The molecule has 0 bridgehead atoms. The number of rotatable bonds is 3. The number of carbonyl (C=O) groups is 1. The summed E-state index contributed by atoms with van der Waals surface area (Å²) in [7, 11) is 0. The first kappa shape index (κ1) is 10.6. The molecule has 3 rings (SSSR count). The zero-order chi connectivity index (χ0) is 11.2. The topological polar surface area (TPSA) is 40.5 Å². The van der Waals surface area contributed by atoms with Crippen LogP contribution in [0.5, 0.6) is 0 Å². The summed E-state index contributed by atoms with van der Waals surface area (Å²) < 4.78 is 0. The molecule has 2 saturated carbocycles. The molecule has 1 saturated heterocycles. The minimum Gasteiger partial charge on any atom is -0.481 e. The minimum atomic E-state index is -0.572. The van der Waals surface area contributed by atoms with Crippen LogP contribution in [-0.4, -0.2) is 35.6 Å². The van der Waals surface area contributed by atoms with Crippen LogP contribution in [0.15, 0.2) is 0 Å². The van der Waals surface area contributed by atoms with Crippen LogP contribution < -0.4 is 0 Å². The summed E-state index contributed by atoms with van der Waals surface area (Å²) in [5.74, 6) is -0.572. The Morgan fingerprint density at radius 1 is 1.06 bits per heavy atom. The van der Waals surface area contributed by atoms with E-state index in [2.05, 4.69) is 4.90 Å². The molecule has 0 amide bonds. The second-order valence-electron chi connectivity index (χ2n) is 6.29. The highest BCUT2D eigenvalue weighted by Gasteiger charge is 2.54. The monoisotopic (exact) mass is 223 g/mol. The Balaban J connectivity index is 1.52. The van der Waals surface area contributed by atoms with Crippen molar-refractivity contribution in [2.75, 3.05) is 19.6 Å². The van der Waals surface area contributed by atoms with Gasteiger partial charge in [-0.15, -0.1) is 0 Å². The molecule has 16 heavy (non-hydrogen) atoms. The van der Waals surface area contributed by atoms with E-state index in [-0.39, 0.29) is 5.41 Å². The Morgan fingerprint density at radius 3 is 2.19 bits per heavy atom. The molecule has 3 fully saturated rings. The van der Waals surface area contributed by atoms with E-state index >= 15 is 0 Å². The lowest BCUT2D eigenvalue weighted by Gasteiger charge is -2.53. The van der Waals surface area contributed by atoms with Crippen LogP contribution >= 0.6 is 0 Å². The summed E-state index contributed by atoms with van der Waals surface area (Å²) >= 11 is 0. The highest BCUT2D eigenvalue weighted by Crippen LogP contribution is 2.50. The van der Waals surface area contributed by atoms with Crippen molar-refractivity contribution in [2.45, 2.75) is 44.9 Å². The highest BCUT2D eigenvalue weighted by molar-refractivity contribution is 5.78. The maximum absolute atomic E-state index is 11.1. The second kappa shape index (κ2) is 3.46. The van der Waals surface area contributed by atoms with Gasteiger partial charge in [0.1, 0.15) is 0 Å². The van der Waals surface area contributed by atoms with Gasteiger partial charge in [-0.25, -0.2) is 0 Å². The van der Waals surface area contributed by atoms with Gasteiger partial charge in [-0.3, -0.25) is 4.79 Å². The van der Waals surface area contributed by atoms with E-state index in [1.807, 2.05) is 0 Å². The van der Waals surface area contributed by atoms with Crippen molar-refractivity contribution < 1.29 is 9.90 Å². The average Bonchev–Trinajstić information content (AvgIpc) is 2.98. The number of aliphatic carboxylic acids is 1. The molecule has 0 aromatic rings. The molecule has 0 atom stereocenters. The molecular weight excluding hydrogens is 202 g/mol. The smallest absolute Gasteiger partial charge is 0.310 e. The number of nitrogens with zero attached hydrogens (tertiary/aromatic N) is 1. The molecule has 3 nitrogen and oxygen atoms in total. The zero-order valence-electron chi connectivity index (χ0n) is 9.87. The van der Waals surface area contributed by atoms with Gasteiger partial charge in [-0.1, -0.05) is 19.3 Å². The number of carboxylic acid groups (broad SMARTS) is 1. The van der Waals surface area contributed by atoms with Gasteiger partial charge < -0.3 is 10.0 Å². The van der Waals surface area contributed by atoms with Crippen molar-refractivity contribution in [3.05, 3.63) is 0 Å². The quantitative estimate of drug-likeness (QED) is 0.796. The Kier molecular flexibility index (Phi) is 2.29. The van der Waals surface area contributed by atoms with Crippen molar-refractivity contribution in [3.8, 4) is 0 Å². The fraction of sp³-hybridized carbons (Fsp3) is 0.923. The van der Waals surface area contributed by atoms with Gasteiger partial charge in [0.05, 0.1) is 5.41 Å². The Labute approximate surface area is 96.8 Å². The lowest BCUT2D eigenvalue weighted by Crippen LogP contribution is -2.58. The maximum atomic E-state index is 11.1. The third kappa shape index (κ3) is 1.65. The van der Waals surface area contributed by atoms with Gasteiger partial charge in [0, 0.05) is 19.6 Å². The number of likely N-dealkylation sites (tertiary alicyclic amines) is 1. The summed E-state index contributed by atoms with van der Waals surface area (Å²) in [6.45, 7) is 3.15. The van der Waals surface area contributed by atoms with Gasteiger partial charge in [0.15, 0.2) is 0 Å². The van der Waals surface area contributed by atoms with Crippen molar-refractivity contribution in [2.24, 2.45) is 10.8 Å². The van der Waals surface area contributed by atoms with E-state index < -0.39 is 5.97 Å². The average molecular weight is 223 g/mol. The zero-order valence-corrected chi connectivity index (χ0v) is 9.87. The van der Waals surface area contributed by atoms with Crippen LogP contribution in [0.3, 0.4) is 0 Å². The standard InChI is InChI=1S/C13H21NO2/c15-11(16)13(6-7-13)10-14-8-12(9-14)4-2-1-3-5-12/h1-10H2,(H,15,16). The van der Waals surface area contributed by atoms with Crippen molar-refractivity contribution in [3.63, 3.8) is 0 Å². The van der Waals surface area contributed by atoms with Gasteiger partial charge >= 0.3 is 5.97 Å². The fourth-order valence-corrected chi connectivity index (χ4v) is 3.65. The largest absolute Gasteiger partial charge is 0.481 e. The first-order valence-electron chi connectivity index (χ1n) is 6.60. The molecule has 0 aromatic heterocycles. The van der Waals surface area contributed by atoms with E-state index in [1.165, 1.54) is 45.2 Å². The second-order valence-corrected chi connectivity index (χ2v) is 6.29. The predicted molar refractivity (Wildman–Crippen MR) is 61.3 cm³/mol. The maximum Gasteiger partial charge on any atom is 0.310 e. The molecule has 1 heterocycles. The van der Waals surface area contributed by atoms with Crippen LogP contribution in [0.1, 0.15) is 44.9 Å². The van der Waals surface area contributed by atoms with Gasteiger partial charge in [0.25, 0.3) is 0 Å². The van der Waals surface area contributed by atoms with Crippen molar-refractivity contribution >= 4 is 5.97 Å². The molecule has 0 unspecified atom stereocenters. The Morgan fingerprint density at radius 2 is 1.69 bits per heavy atom. The summed E-state index contributed by atoms with van der Waals surface area (Å²) in [5.41, 5.74) is 0.239. The summed E-state index contributed by atoms with van der Waals surface area (Å²) in [4.78, 5) is 13.5. The number of carboxylic acids is 1. The van der Waals surface area contributed by atoms with Crippen LogP contribution in [0.4, 0.5) is 0 Å². The third-order valence-electron chi connectivity index (χ3n) is 4.87. The van der Waals surface area contributed by atoms with Crippen LogP contribution in [0, 0.1) is 10.8 Å². The van der Waals surface area contributed by atoms with E-state index in [4.69, 9.17) is 5.11 Å². The van der Waals surface area contributed by atoms with Crippen molar-refractivity contribution in [1.29, 1.82) is 0 Å². The fourth-order valence-electron chi connectivity index (χ4n) is 3.65. The molecule has 1 N–H and O–H groups in total. The Hall–Kier alpha value is -0.570. The third-order valence-corrected chi connectivity index (χ3v) is 4.87. The highest BCUT2D eigenvalue weighted by atomic mass is 16.4. The lowest BCUT2D eigenvalue weighted by molar-refractivity contribution is -0.146. The summed E-state index contributed by atoms with van der Waals surface area (Å²) in [6.07, 6.45) is 8.72. The molecular formula is C13H21NO2. The molecule has 3 heteroatoms. The predicted octanol–water partition coefficient (Wildman–Crippen LogP) is 2.12. The van der Waals surface area contributed by atoms with Gasteiger partial charge in [0.2, 0.25) is 0 Å². The molecule has 1 spiro atoms. The van der Waals surface area contributed by atoms with Crippen LogP contribution in [0.2, 0.25) is 0 Å². The van der Waals surface area contributed by atoms with Crippen LogP contribution in [-0.2, 0) is 4.79 Å². The molecule has 1 aliphatic heterocycles. The first-order chi connectivity index (χ1) is 7.64. The van der Waals surface area contributed by atoms with E-state index in [1.54, 1.807) is 0 Å². The van der Waals surface area contributed by atoms with E-state index in [0.717, 1.165) is 19.4 Å². The van der Waals surface area contributed by atoms with Crippen molar-refractivity contribution in [1.82, 2.24) is 4.90 Å². The number of hydrogen-bond acceptors (Lipinski definition) is 2. The molecule has 0 aromatic carbocycles. The molecule has 3 aliphatic rings. The Bertz CT molecular complexity index is 295. The van der Waals surface area contributed by atoms with E-state index in [9.17, 15) is 4.79 Å². The number of hydrogen-bond donors (Lipinski definition) is 1. The van der Waals surface area contributed by atoms with Crippen LogP contribution in [0.25, 0.3) is 0 Å². The minimum absolute atomic E-state index is 0.351. The van der Waals surface area contributed by atoms with E-state index in [0.29, 0.717) is 5.41 Å². The summed E-state index contributed by atoms with van der Waals surface area (Å²) in [5, 5.41) is 9.15. The van der Waals surface area contributed by atoms with Gasteiger partial charge in [-0.05, 0) is 31.1 Å². The molecule has 90 valence electrons. The SMILES string of the molecule is O=C(O)C1(CN2CC3(CCCCC3)C2)CC1. The van der Waals surface area contributed by atoms with Gasteiger partial charge in [-0.2, -0.15) is 0 Å². The normalized spacial score (nSPS) is 31.0. The summed E-state index contributed by atoms with van der Waals surface area (Å²) in [6, 6.07) is 0. The lowest BCUT2D eigenvalue weighted by atomic mass is 9.68. The first-order valence-corrected chi connectivity index (χ1v) is 6.60. The molecule has 0 radical (unpaired) electrons.